The van der Waals surface area contributed by atoms with Crippen molar-refractivity contribution in [1.29, 1.82) is 0 Å². The third-order valence-electron chi connectivity index (χ3n) is 4.80. The summed E-state index contributed by atoms with van der Waals surface area (Å²) in [5, 5.41) is 5.23. The average molecular weight is 491 g/mol. The van der Waals surface area contributed by atoms with Gasteiger partial charge in [0.25, 0.3) is 17.7 Å². The highest BCUT2D eigenvalue weighted by molar-refractivity contribution is 7.80. The summed E-state index contributed by atoms with van der Waals surface area (Å²) in [6.45, 7) is 4.37. The van der Waals surface area contributed by atoms with Crippen molar-refractivity contribution in [2.45, 2.75) is 20.3 Å². The van der Waals surface area contributed by atoms with Gasteiger partial charge in [-0.2, -0.15) is 0 Å². The first-order valence-corrected chi connectivity index (χ1v) is 11.4. The summed E-state index contributed by atoms with van der Waals surface area (Å²) >= 11 is 5.11. The molecular formula is C26H26N4O4S. The van der Waals surface area contributed by atoms with Crippen molar-refractivity contribution < 1.29 is 19.1 Å². The van der Waals surface area contributed by atoms with Crippen molar-refractivity contribution in [3.8, 4) is 5.75 Å². The molecule has 0 aromatic heterocycles. The molecule has 0 heterocycles. The van der Waals surface area contributed by atoms with E-state index in [1.807, 2.05) is 26.0 Å². The quantitative estimate of drug-likeness (QED) is 0.295. The molecule has 0 fully saturated rings. The summed E-state index contributed by atoms with van der Waals surface area (Å²) < 4.78 is 5.59. The van der Waals surface area contributed by atoms with E-state index in [4.69, 9.17) is 17.0 Å². The first-order valence-electron chi connectivity index (χ1n) is 11.0. The lowest BCUT2D eigenvalue weighted by atomic mass is 10.1. The highest BCUT2D eigenvalue weighted by Gasteiger charge is 2.14. The van der Waals surface area contributed by atoms with Gasteiger partial charge in [0.1, 0.15) is 5.75 Å². The van der Waals surface area contributed by atoms with Crippen molar-refractivity contribution in [2.24, 2.45) is 0 Å². The van der Waals surface area contributed by atoms with Gasteiger partial charge in [0.15, 0.2) is 5.11 Å². The molecule has 9 heteroatoms. The van der Waals surface area contributed by atoms with Gasteiger partial charge in [0.05, 0.1) is 12.2 Å². The van der Waals surface area contributed by atoms with Crippen LogP contribution in [0.1, 0.15) is 50.0 Å². The smallest absolute Gasteiger partial charge is 0.269 e. The molecule has 0 aliphatic heterocycles. The molecule has 0 bridgehead atoms. The van der Waals surface area contributed by atoms with Crippen LogP contribution >= 0.6 is 12.2 Å². The number of aryl methyl sites for hydroxylation is 1. The third-order valence-corrected chi connectivity index (χ3v) is 5.00. The maximum absolute atomic E-state index is 12.5. The van der Waals surface area contributed by atoms with Crippen LogP contribution in [-0.4, -0.2) is 29.4 Å². The number of hydrazine groups is 1. The molecule has 0 atom stereocenters. The first kappa shape index (κ1) is 25.4. The number of hydrogen-bond acceptors (Lipinski definition) is 5. The number of anilines is 1. The number of hydrogen-bond donors (Lipinski definition) is 4. The van der Waals surface area contributed by atoms with E-state index >= 15 is 0 Å². The number of rotatable bonds is 7. The molecule has 3 aromatic carbocycles. The maximum Gasteiger partial charge on any atom is 0.269 e. The number of thiocarbonyl (C=S) groups is 1. The third kappa shape index (κ3) is 7.38. The zero-order valence-electron chi connectivity index (χ0n) is 19.4. The number of nitrogens with one attached hydrogen (secondary N) is 4. The minimum Gasteiger partial charge on any atom is -0.493 e. The van der Waals surface area contributed by atoms with Crippen molar-refractivity contribution in [3.05, 3.63) is 95.1 Å². The average Bonchev–Trinajstić information content (AvgIpc) is 2.86. The number of para-hydroxylation sites is 1. The van der Waals surface area contributed by atoms with Gasteiger partial charge < -0.3 is 10.1 Å². The van der Waals surface area contributed by atoms with E-state index in [-0.39, 0.29) is 11.0 Å². The fourth-order valence-corrected chi connectivity index (χ4v) is 3.22. The fourth-order valence-electron chi connectivity index (χ4n) is 3.07. The van der Waals surface area contributed by atoms with Crippen LogP contribution < -0.4 is 26.2 Å². The van der Waals surface area contributed by atoms with Crippen LogP contribution in [0.3, 0.4) is 0 Å². The van der Waals surface area contributed by atoms with Crippen LogP contribution in [0.4, 0.5) is 5.69 Å². The van der Waals surface area contributed by atoms with Gasteiger partial charge in [-0.15, -0.1) is 0 Å². The predicted octanol–water partition coefficient (Wildman–Crippen LogP) is 3.99. The van der Waals surface area contributed by atoms with E-state index in [1.165, 1.54) is 0 Å². The topological polar surface area (TPSA) is 109 Å². The van der Waals surface area contributed by atoms with E-state index in [1.54, 1.807) is 60.7 Å². The molecule has 0 aliphatic carbocycles. The Bertz CT molecular complexity index is 1230. The molecule has 0 saturated heterocycles. The standard InChI is InChI=1S/C26H26N4O4S/c1-3-15-34-22-10-5-4-9-21(22)25(33)28-26(35)30-29-24(32)18-11-13-20(14-12-18)27-23(31)19-8-6-7-17(2)16-19/h4-14,16H,3,15H2,1-2H3,(H,27,31)(H,29,32)(H2,28,30,33,35). The van der Waals surface area contributed by atoms with Crippen LogP contribution in [0.5, 0.6) is 5.75 Å². The molecule has 8 nitrogen and oxygen atoms in total. The second-order valence-electron chi connectivity index (χ2n) is 7.61. The molecule has 0 spiro atoms. The Balaban J connectivity index is 1.51. The molecular weight excluding hydrogens is 464 g/mol. The van der Waals surface area contributed by atoms with Gasteiger partial charge in [-0.05, 0) is 74.1 Å². The predicted molar refractivity (Wildman–Crippen MR) is 138 cm³/mol. The molecule has 0 radical (unpaired) electrons. The SMILES string of the molecule is CCCOc1ccccc1C(=O)NC(=S)NNC(=O)c1ccc(NC(=O)c2cccc(C)c2)cc1. The van der Waals surface area contributed by atoms with Crippen molar-refractivity contribution in [3.63, 3.8) is 0 Å². The summed E-state index contributed by atoms with van der Waals surface area (Å²) in [5.41, 5.74) is 7.69. The summed E-state index contributed by atoms with van der Waals surface area (Å²) in [7, 11) is 0. The van der Waals surface area contributed by atoms with Gasteiger partial charge in [0.2, 0.25) is 0 Å². The van der Waals surface area contributed by atoms with Crippen LogP contribution in [0, 0.1) is 6.92 Å². The number of carbonyl (C=O) groups excluding carboxylic acids is 3. The molecule has 3 aromatic rings. The largest absolute Gasteiger partial charge is 0.493 e. The van der Waals surface area contributed by atoms with Gasteiger partial charge >= 0.3 is 0 Å². The Morgan fingerprint density at radius 3 is 2.29 bits per heavy atom. The summed E-state index contributed by atoms with van der Waals surface area (Å²) in [5.74, 6) is -0.717. The fraction of sp³-hybridized carbons (Fsp3) is 0.154. The van der Waals surface area contributed by atoms with E-state index in [0.717, 1.165) is 12.0 Å². The monoisotopic (exact) mass is 490 g/mol. The number of carbonyl (C=O) groups is 3. The van der Waals surface area contributed by atoms with Gasteiger partial charge in [0, 0.05) is 16.8 Å². The number of benzene rings is 3. The normalized spacial score (nSPS) is 10.1. The van der Waals surface area contributed by atoms with E-state index < -0.39 is 11.8 Å². The first-order chi connectivity index (χ1) is 16.9. The highest BCUT2D eigenvalue weighted by atomic mass is 32.1. The second-order valence-corrected chi connectivity index (χ2v) is 8.02. The Kier molecular flexibility index (Phi) is 8.91. The zero-order chi connectivity index (χ0) is 25.2. The molecule has 4 N–H and O–H groups in total. The van der Waals surface area contributed by atoms with E-state index in [0.29, 0.717) is 34.7 Å². The van der Waals surface area contributed by atoms with E-state index in [9.17, 15) is 14.4 Å². The Hall–Kier alpha value is -4.24. The Morgan fingerprint density at radius 2 is 1.57 bits per heavy atom. The lowest BCUT2D eigenvalue weighted by Crippen LogP contribution is -2.48. The molecule has 180 valence electrons. The number of amides is 3. The van der Waals surface area contributed by atoms with Gasteiger partial charge in [-0.1, -0.05) is 36.8 Å². The van der Waals surface area contributed by atoms with Crippen LogP contribution in [0.15, 0.2) is 72.8 Å². The van der Waals surface area contributed by atoms with Crippen LogP contribution in [-0.2, 0) is 0 Å². The van der Waals surface area contributed by atoms with Crippen LogP contribution in [0.25, 0.3) is 0 Å². The maximum atomic E-state index is 12.5. The van der Waals surface area contributed by atoms with Crippen molar-refractivity contribution in [2.75, 3.05) is 11.9 Å². The van der Waals surface area contributed by atoms with Gasteiger partial charge in [-0.25, -0.2) is 0 Å². The molecule has 35 heavy (non-hydrogen) atoms. The lowest BCUT2D eigenvalue weighted by Gasteiger charge is -2.13. The van der Waals surface area contributed by atoms with Gasteiger partial charge in [-0.3, -0.25) is 30.6 Å². The molecule has 3 rings (SSSR count). The van der Waals surface area contributed by atoms with E-state index in [2.05, 4.69) is 21.5 Å². The van der Waals surface area contributed by atoms with Crippen LogP contribution in [0.2, 0.25) is 0 Å². The zero-order valence-corrected chi connectivity index (χ0v) is 20.2. The summed E-state index contributed by atoms with van der Waals surface area (Å²) in [4.78, 5) is 37.3. The van der Waals surface area contributed by atoms with Crippen molar-refractivity contribution >= 4 is 40.7 Å². The summed E-state index contributed by atoms with van der Waals surface area (Å²) in [6.07, 6.45) is 0.808. The Morgan fingerprint density at radius 1 is 0.829 bits per heavy atom. The minimum atomic E-state index is -0.468. The molecule has 0 unspecified atom stereocenters. The summed E-state index contributed by atoms with van der Waals surface area (Å²) in [6, 6.07) is 20.4. The lowest BCUT2D eigenvalue weighted by molar-refractivity contribution is 0.0933. The Labute approximate surface area is 209 Å². The van der Waals surface area contributed by atoms with Crippen molar-refractivity contribution in [1.82, 2.24) is 16.2 Å². The number of ether oxygens (including phenoxy) is 1. The highest BCUT2D eigenvalue weighted by Crippen LogP contribution is 2.18. The molecule has 0 aliphatic rings. The molecule has 3 amide bonds. The second kappa shape index (κ2) is 12.3. The minimum absolute atomic E-state index is 0.0734. The molecule has 0 saturated carbocycles.